The Bertz CT molecular complexity index is 386. The van der Waals surface area contributed by atoms with E-state index in [2.05, 4.69) is 10.3 Å². The molecule has 1 aromatic rings. The van der Waals surface area contributed by atoms with Gasteiger partial charge in [0, 0.05) is 24.7 Å². The first-order chi connectivity index (χ1) is 7.87. The quantitative estimate of drug-likeness (QED) is 0.843. The number of hydrogen-bond acceptors (Lipinski definition) is 4. The number of hydrogen-bond donors (Lipinski definition) is 2. The molecule has 1 rings (SSSR count). The van der Waals surface area contributed by atoms with Crippen molar-refractivity contribution in [1.82, 2.24) is 10.3 Å². The Kier molecular flexibility index (Phi) is 4.31. The zero-order valence-corrected chi connectivity index (χ0v) is 10.4. The third-order valence-electron chi connectivity index (χ3n) is 1.84. The fourth-order valence-electron chi connectivity index (χ4n) is 1.21. The minimum absolute atomic E-state index is 0.0141. The number of nitrogens with zero attached hydrogens (tertiary/aromatic N) is 1. The van der Waals surface area contributed by atoms with Crippen LogP contribution in [0.3, 0.4) is 0 Å². The summed E-state index contributed by atoms with van der Waals surface area (Å²) >= 11 is 0. The van der Waals surface area contributed by atoms with Gasteiger partial charge in [-0.2, -0.15) is 0 Å². The van der Waals surface area contributed by atoms with Crippen molar-refractivity contribution in [3.8, 4) is 5.88 Å². The molecule has 17 heavy (non-hydrogen) atoms. The zero-order chi connectivity index (χ0) is 12.9. The predicted octanol–water partition coefficient (Wildman–Crippen LogP) is 1.85. The normalized spacial score (nSPS) is 11.0. The van der Waals surface area contributed by atoms with Gasteiger partial charge < -0.3 is 15.2 Å². The van der Waals surface area contributed by atoms with Gasteiger partial charge in [-0.3, -0.25) is 0 Å². The SMILES string of the molecule is CC(C)(C)OC(=O)NCCc1cccc(O)n1. The van der Waals surface area contributed by atoms with Crippen molar-refractivity contribution < 1.29 is 14.6 Å². The summed E-state index contributed by atoms with van der Waals surface area (Å²) in [6.07, 6.45) is 0.103. The Hall–Kier alpha value is -1.78. The highest BCUT2D eigenvalue weighted by Crippen LogP contribution is 2.07. The van der Waals surface area contributed by atoms with E-state index >= 15 is 0 Å². The number of pyridine rings is 1. The number of carbonyl (C=O) groups is 1. The third-order valence-corrected chi connectivity index (χ3v) is 1.84. The molecule has 0 spiro atoms. The number of amides is 1. The first-order valence-corrected chi connectivity index (χ1v) is 5.48. The summed E-state index contributed by atoms with van der Waals surface area (Å²) in [7, 11) is 0. The molecule has 0 saturated carbocycles. The van der Waals surface area contributed by atoms with Gasteiger partial charge in [-0.05, 0) is 26.8 Å². The first-order valence-electron chi connectivity index (χ1n) is 5.48. The summed E-state index contributed by atoms with van der Waals surface area (Å²) in [6, 6.07) is 5.01. The van der Waals surface area contributed by atoms with Gasteiger partial charge in [0.15, 0.2) is 0 Å². The van der Waals surface area contributed by atoms with Gasteiger partial charge in [0.1, 0.15) is 5.60 Å². The van der Waals surface area contributed by atoms with Gasteiger partial charge in [-0.25, -0.2) is 9.78 Å². The van der Waals surface area contributed by atoms with Crippen LogP contribution < -0.4 is 5.32 Å². The number of carbonyl (C=O) groups excluding carboxylic acids is 1. The second kappa shape index (κ2) is 5.52. The van der Waals surface area contributed by atoms with Crippen LogP contribution in [0.15, 0.2) is 18.2 Å². The number of aromatic hydroxyl groups is 1. The Morgan fingerprint density at radius 2 is 2.18 bits per heavy atom. The molecule has 0 unspecified atom stereocenters. The summed E-state index contributed by atoms with van der Waals surface area (Å²) in [5, 5.41) is 11.8. The largest absolute Gasteiger partial charge is 0.493 e. The summed E-state index contributed by atoms with van der Waals surface area (Å²) in [6.45, 7) is 5.85. The van der Waals surface area contributed by atoms with Crippen LogP contribution in [-0.4, -0.2) is 28.3 Å². The molecule has 0 radical (unpaired) electrons. The van der Waals surface area contributed by atoms with Crippen LogP contribution in [0.1, 0.15) is 26.5 Å². The maximum Gasteiger partial charge on any atom is 0.407 e. The second-order valence-electron chi connectivity index (χ2n) is 4.67. The minimum Gasteiger partial charge on any atom is -0.493 e. The smallest absolute Gasteiger partial charge is 0.407 e. The molecule has 5 heteroatoms. The highest BCUT2D eigenvalue weighted by atomic mass is 16.6. The fraction of sp³-hybridized carbons (Fsp3) is 0.500. The lowest BCUT2D eigenvalue weighted by atomic mass is 10.2. The molecule has 0 atom stereocenters. The average molecular weight is 238 g/mol. The van der Waals surface area contributed by atoms with E-state index in [0.29, 0.717) is 13.0 Å². The number of rotatable bonds is 3. The average Bonchev–Trinajstić information content (AvgIpc) is 2.14. The summed E-state index contributed by atoms with van der Waals surface area (Å²) in [5.41, 5.74) is 0.230. The maximum atomic E-state index is 11.3. The fourth-order valence-corrected chi connectivity index (χ4v) is 1.21. The van der Waals surface area contributed by atoms with E-state index in [0.717, 1.165) is 5.69 Å². The molecule has 0 aliphatic rings. The topological polar surface area (TPSA) is 71.5 Å². The molecule has 0 fully saturated rings. The molecule has 1 heterocycles. The summed E-state index contributed by atoms with van der Waals surface area (Å²) < 4.78 is 5.08. The molecule has 0 aliphatic carbocycles. The van der Waals surface area contributed by atoms with E-state index in [4.69, 9.17) is 9.84 Å². The number of ether oxygens (including phenoxy) is 1. The standard InChI is InChI=1S/C12H18N2O3/c1-12(2,3)17-11(16)13-8-7-9-5-4-6-10(15)14-9/h4-6H,7-8H2,1-3H3,(H,13,16)(H,14,15). The van der Waals surface area contributed by atoms with E-state index in [1.54, 1.807) is 12.1 Å². The Morgan fingerprint density at radius 3 is 2.76 bits per heavy atom. The van der Waals surface area contributed by atoms with Crippen LogP contribution in [0.5, 0.6) is 5.88 Å². The summed E-state index contributed by atoms with van der Waals surface area (Å²) in [5.74, 6) is -0.0141. The van der Waals surface area contributed by atoms with Gasteiger partial charge in [-0.15, -0.1) is 0 Å². The highest BCUT2D eigenvalue weighted by molar-refractivity contribution is 5.67. The number of nitrogens with one attached hydrogen (secondary N) is 1. The molecule has 94 valence electrons. The van der Waals surface area contributed by atoms with Gasteiger partial charge in [0.05, 0.1) is 0 Å². The Morgan fingerprint density at radius 1 is 1.47 bits per heavy atom. The van der Waals surface area contributed by atoms with E-state index in [1.807, 2.05) is 20.8 Å². The molecule has 1 aromatic heterocycles. The molecule has 0 aromatic carbocycles. The van der Waals surface area contributed by atoms with Gasteiger partial charge >= 0.3 is 6.09 Å². The maximum absolute atomic E-state index is 11.3. The minimum atomic E-state index is -0.493. The van der Waals surface area contributed by atoms with Crippen molar-refractivity contribution in [1.29, 1.82) is 0 Å². The van der Waals surface area contributed by atoms with Gasteiger partial charge in [0.2, 0.25) is 5.88 Å². The molecule has 1 amide bonds. The highest BCUT2D eigenvalue weighted by Gasteiger charge is 2.15. The van der Waals surface area contributed by atoms with E-state index in [-0.39, 0.29) is 5.88 Å². The van der Waals surface area contributed by atoms with E-state index in [1.165, 1.54) is 6.07 Å². The van der Waals surface area contributed by atoms with Crippen LogP contribution in [0, 0.1) is 0 Å². The van der Waals surface area contributed by atoms with Crippen LogP contribution in [0.25, 0.3) is 0 Å². The van der Waals surface area contributed by atoms with Crippen molar-refractivity contribution in [2.45, 2.75) is 32.8 Å². The third kappa shape index (κ3) is 5.75. The molecular weight excluding hydrogens is 220 g/mol. The van der Waals surface area contributed by atoms with Gasteiger partial charge in [0.25, 0.3) is 0 Å². The molecule has 0 aliphatic heterocycles. The van der Waals surface area contributed by atoms with E-state index < -0.39 is 11.7 Å². The molecule has 5 nitrogen and oxygen atoms in total. The Labute approximate surface area is 101 Å². The zero-order valence-electron chi connectivity index (χ0n) is 10.4. The van der Waals surface area contributed by atoms with Crippen LogP contribution in [-0.2, 0) is 11.2 Å². The van der Waals surface area contributed by atoms with Crippen molar-refractivity contribution in [3.63, 3.8) is 0 Å². The van der Waals surface area contributed by atoms with Crippen molar-refractivity contribution in [2.24, 2.45) is 0 Å². The lowest BCUT2D eigenvalue weighted by Crippen LogP contribution is -2.33. The Balaban J connectivity index is 2.31. The predicted molar refractivity (Wildman–Crippen MR) is 63.8 cm³/mol. The number of alkyl carbamates (subject to hydrolysis) is 1. The molecule has 2 N–H and O–H groups in total. The molecule has 0 saturated heterocycles. The number of aromatic nitrogens is 1. The van der Waals surface area contributed by atoms with Crippen molar-refractivity contribution in [2.75, 3.05) is 6.54 Å². The lowest BCUT2D eigenvalue weighted by Gasteiger charge is -2.19. The monoisotopic (exact) mass is 238 g/mol. The van der Waals surface area contributed by atoms with Crippen LogP contribution >= 0.6 is 0 Å². The summed E-state index contributed by atoms with van der Waals surface area (Å²) in [4.78, 5) is 15.2. The van der Waals surface area contributed by atoms with Gasteiger partial charge in [-0.1, -0.05) is 6.07 Å². The van der Waals surface area contributed by atoms with Crippen molar-refractivity contribution >= 4 is 6.09 Å². The molecule has 0 bridgehead atoms. The van der Waals surface area contributed by atoms with Crippen LogP contribution in [0.4, 0.5) is 4.79 Å². The second-order valence-corrected chi connectivity index (χ2v) is 4.67. The molecular formula is C12H18N2O3. The van der Waals surface area contributed by atoms with E-state index in [9.17, 15) is 4.79 Å². The van der Waals surface area contributed by atoms with Crippen LogP contribution in [0.2, 0.25) is 0 Å². The lowest BCUT2D eigenvalue weighted by molar-refractivity contribution is 0.0528. The van der Waals surface area contributed by atoms with Crippen molar-refractivity contribution in [3.05, 3.63) is 23.9 Å². The first kappa shape index (κ1) is 13.3.